The van der Waals surface area contributed by atoms with Crippen LogP contribution in [0.2, 0.25) is 0 Å². The molecular formula is C13H26N2O2. The summed E-state index contributed by atoms with van der Waals surface area (Å²) in [5, 5.41) is 2.92. The summed E-state index contributed by atoms with van der Waals surface area (Å²) < 4.78 is 5.39. The third-order valence-electron chi connectivity index (χ3n) is 3.26. The van der Waals surface area contributed by atoms with Crippen molar-refractivity contribution in [3.8, 4) is 0 Å². The molecule has 0 aromatic carbocycles. The highest BCUT2D eigenvalue weighted by atomic mass is 16.5. The minimum Gasteiger partial charge on any atom is -0.377 e. The van der Waals surface area contributed by atoms with E-state index in [9.17, 15) is 4.79 Å². The van der Waals surface area contributed by atoms with E-state index in [2.05, 4.69) is 5.32 Å². The Bertz CT molecular complexity index is 231. The fraction of sp³-hybridized carbons (Fsp3) is 0.923. The summed E-state index contributed by atoms with van der Waals surface area (Å²) in [5.74, 6) is 0.100. The van der Waals surface area contributed by atoms with Gasteiger partial charge in [0.05, 0.1) is 18.6 Å². The zero-order valence-corrected chi connectivity index (χ0v) is 11.1. The first-order valence-corrected chi connectivity index (χ1v) is 6.76. The lowest BCUT2D eigenvalue weighted by atomic mass is 9.95. The molecule has 1 saturated carbocycles. The molecule has 1 fully saturated rings. The average Bonchev–Trinajstić information content (AvgIpc) is 2.48. The molecule has 1 aliphatic carbocycles. The molecule has 0 aliphatic heterocycles. The van der Waals surface area contributed by atoms with Crippen molar-refractivity contribution in [2.45, 2.75) is 58.1 Å². The predicted octanol–water partition coefficient (Wildman–Crippen LogP) is 1.44. The molecule has 0 radical (unpaired) electrons. The van der Waals surface area contributed by atoms with Crippen molar-refractivity contribution in [3.05, 3.63) is 0 Å². The van der Waals surface area contributed by atoms with Crippen LogP contribution in [0, 0.1) is 5.92 Å². The van der Waals surface area contributed by atoms with E-state index in [0.717, 1.165) is 25.7 Å². The van der Waals surface area contributed by atoms with Gasteiger partial charge in [-0.1, -0.05) is 19.3 Å². The molecule has 3 N–H and O–H groups in total. The smallest absolute Gasteiger partial charge is 0.224 e. The summed E-state index contributed by atoms with van der Waals surface area (Å²) in [5.41, 5.74) is 6.04. The van der Waals surface area contributed by atoms with Gasteiger partial charge in [-0.15, -0.1) is 0 Å². The fourth-order valence-electron chi connectivity index (χ4n) is 2.26. The number of carbonyl (C=O) groups excluding carboxylic acids is 1. The van der Waals surface area contributed by atoms with Crippen LogP contribution in [0.25, 0.3) is 0 Å². The Morgan fingerprint density at radius 2 is 2.06 bits per heavy atom. The minimum atomic E-state index is -0.00319. The molecule has 17 heavy (non-hydrogen) atoms. The lowest BCUT2D eigenvalue weighted by Gasteiger charge is -2.20. The van der Waals surface area contributed by atoms with Gasteiger partial charge in [0.25, 0.3) is 0 Å². The molecular weight excluding hydrogens is 216 g/mol. The highest BCUT2D eigenvalue weighted by Crippen LogP contribution is 2.22. The van der Waals surface area contributed by atoms with Gasteiger partial charge in [-0.05, 0) is 26.7 Å². The molecule has 1 rings (SSSR count). The van der Waals surface area contributed by atoms with Crippen molar-refractivity contribution in [2.24, 2.45) is 11.7 Å². The summed E-state index contributed by atoms with van der Waals surface area (Å²) in [4.78, 5) is 12.0. The highest BCUT2D eigenvalue weighted by Gasteiger charge is 2.26. The van der Waals surface area contributed by atoms with Crippen LogP contribution in [0.3, 0.4) is 0 Å². The fourth-order valence-corrected chi connectivity index (χ4v) is 2.26. The van der Waals surface area contributed by atoms with Crippen LogP contribution >= 0.6 is 0 Å². The van der Waals surface area contributed by atoms with Gasteiger partial charge < -0.3 is 15.8 Å². The third kappa shape index (κ3) is 5.50. The first-order valence-electron chi connectivity index (χ1n) is 6.76. The Morgan fingerprint density at radius 1 is 1.35 bits per heavy atom. The molecule has 1 amide bonds. The van der Waals surface area contributed by atoms with Crippen LogP contribution < -0.4 is 11.1 Å². The molecule has 0 bridgehead atoms. The maximum absolute atomic E-state index is 12.0. The zero-order chi connectivity index (χ0) is 12.7. The number of hydrogen-bond donors (Lipinski definition) is 2. The minimum absolute atomic E-state index is 0.00319. The Morgan fingerprint density at radius 3 is 2.76 bits per heavy atom. The maximum atomic E-state index is 12.0. The second kappa shape index (κ2) is 7.67. The van der Waals surface area contributed by atoms with E-state index in [1.165, 1.54) is 6.42 Å². The first kappa shape index (κ1) is 14.5. The van der Waals surface area contributed by atoms with Gasteiger partial charge in [-0.3, -0.25) is 4.79 Å². The van der Waals surface area contributed by atoms with Crippen molar-refractivity contribution < 1.29 is 9.53 Å². The summed E-state index contributed by atoms with van der Waals surface area (Å²) in [6.45, 7) is 5.14. The van der Waals surface area contributed by atoms with Crippen LogP contribution in [0.15, 0.2) is 0 Å². The van der Waals surface area contributed by atoms with Crippen molar-refractivity contribution in [1.29, 1.82) is 0 Å². The quantitative estimate of drug-likeness (QED) is 0.566. The number of carbonyl (C=O) groups is 1. The largest absolute Gasteiger partial charge is 0.377 e. The topological polar surface area (TPSA) is 64.3 Å². The van der Waals surface area contributed by atoms with E-state index < -0.39 is 0 Å². The van der Waals surface area contributed by atoms with E-state index >= 15 is 0 Å². The summed E-state index contributed by atoms with van der Waals surface area (Å²) in [7, 11) is 0. The number of nitrogens with two attached hydrogens (primary N) is 1. The van der Waals surface area contributed by atoms with E-state index in [0.29, 0.717) is 13.2 Å². The molecule has 1 aliphatic rings. The van der Waals surface area contributed by atoms with Crippen LogP contribution in [0.4, 0.5) is 0 Å². The van der Waals surface area contributed by atoms with Gasteiger partial charge in [-0.2, -0.15) is 0 Å². The standard InChI is InChI=1S/C13H26N2O2/c1-10(2)17-9-8-15-13(16)11-6-4-3-5-7-12(11)14/h10-12H,3-9,14H2,1-2H3,(H,15,16). The molecule has 4 heteroatoms. The third-order valence-corrected chi connectivity index (χ3v) is 3.26. The van der Waals surface area contributed by atoms with Crippen molar-refractivity contribution in [1.82, 2.24) is 5.32 Å². The Balaban J connectivity index is 2.25. The highest BCUT2D eigenvalue weighted by molar-refractivity contribution is 5.79. The van der Waals surface area contributed by atoms with Crippen LogP contribution in [-0.2, 0) is 9.53 Å². The second-order valence-electron chi connectivity index (χ2n) is 5.12. The van der Waals surface area contributed by atoms with Gasteiger partial charge in [-0.25, -0.2) is 0 Å². The first-order chi connectivity index (χ1) is 8.11. The summed E-state index contributed by atoms with van der Waals surface area (Å²) >= 11 is 0. The lowest BCUT2D eigenvalue weighted by molar-refractivity contribution is -0.126. The second-order valence-corrected chi connectivity index (χ2v) is 5.12. The van der Waals surface area contributed by atoms with E-state index in [4.69, 9.17) is 10.5 Å². The molecule has 2 atom stereocenters. The maximum Gasteiger partial charge on any atom is 0.224 e. The van der Waals surface area contributed by atoms with Crippen molar-refractivity contribution in [2.75, 3.05) is 13.2 Å². The van der Waals surface area contributed by atoms with Gasteiger partial charge in [0.2, 0.25) is 5.91 Å². The van der Waals surface area contributed by atoms with Crippen molar-refractivity contribution in [3.63, 3.8) is 0 Å². The average molecular weight is 242 g/mol. The number of amides is 1. The lowest BCUT2D eigenvalue weighted by Crippen LogP contribution is -2.42. The zero-order valence-electron chi connectivity index (χ0n) is 11.1. The van der Waals surface area contributed by atoms with Crippen LogP contribution in [-0.4, -0.2) is 31.2 Å². The van der Waals surface area contributed by atoms with Gasteiger partial charge >= 0.3 is 0 Å². The Hall–Kier alpha value is -0.610. The van der Waals surface area contributed by atoms with Gasteiger partial charge in [0.15, 0.2) is 0 Å². The summed E-state index contributed by atoms with van der Waals surface area (Å²) in [6, 6.07) is 0.0310. The Labute approximate surface area is 104 Å². The van der Waals surface area contributed by atoms with Gasteiger partial charge in [0, 0.05) is 12.6 Å². The van der Waals surface area contributed by atoms with Crippen LogP contribution in [0.1, 0.15) is 46.0 Å². The number of hydrogen-bond acceptors (Lipinski definition) is 3. The normalized spacial score (nSPS) is 25.6. The number of rotatable bonds is 5. The van der Waals surface area contributed by atoms with Crippen molar-refractivity contribution >= 4 is 5.91 Å². The molecule has 0 aromatic heterocycles. The number of nitrogens with one attached hydrogen (secondary N) is 1. The summed E-state index contributed by atoms with van der Waals surface area (Å²) in [6.07, 6.45) is 5.59. The predicted molar refractivity (Wildman–Crippen MR) is 68.6 cm³/mol. The molecule has 0 heterocycles. The van der Waals surface area contributed by atoms with Crippen LogP contribution in [0.5, 0.6) is 0 Å². The molecule has 100 valence electrons. The van der Waals surface area contributed by atoms with E-state index in [1.54, 1.807) is 0 Å². The Kier molecular flexibility index (Phi) is 6.52. The molecule has 2 unspecified atom stereocenters. The molecule has 4 nitrogen and oxygen atoms in total. The van der Waals surface area contributed by atoms with E-state index in [-0.39, 0.29) is 24.0 Å². The molecule has 0 saturated heterocycles. The van der Waals surface area contributed by atoms with E-state index in [1.807, 2.05) is 13.8 Å². The SMILES string of the molecule is CC(C)OCCNC(=O)C1CCCCCC1N. The molecule has 0 aromatic rings. The molecule has 0 spiro atoms. The monoisotopic (exact) mass is 242 g/mol. The number of ether oxygens (including phenoxy) is 1. The van der Waals surface area contributed by atoms with Gasteiger partial charge in [0.1, 0.15) is 0 Å².